The second-order valence-corrected chi connectivity index (χ2v) is 4.28. The zero-order valence-electron chi connectivity index (χ0n) is 10.2. The van der Waals surface area contributed by atoms with Gasteiger partial charge in [-0.05, 0) is 36.4 Å². The smallest absolute Gasteiger partial charge is 0.259 e. The summed E-state index contributed by atoms with van der Waals surface area (Å²) in [6.07, 6.45) is 1.44. The van der Waals surface area contributed by atoms with Gasteiger partial charge >= 0.3 is 0 Å². The van der Waals surface area contributed by atoms with Gasteiger partial charge in [0.2, 0.25) is 0 Å². The van der Waals surface area contributed by atoms with Crippen LogP contribution in [0.15, 0.2) is 42.6 Å². The van der Waals surface area contributed by atoms with Crippen molar-refractivity contribution in [2.24, 2.45) is 0 Å². The fraction of sp³-hybridized carbons (Fsp3) is 0.0714. The molecule has 94 valence electrons. The molecule has 0 atom stereocenters. The number of hydrogen-bond acceptors (Lipinski definition) is 3. The lowest BCUT2D eigenvalue weighted by Gasteiger charge is -2.17. The maximum Gasteiger partial charge on any atom is 0.259 e. The molecule has 0 bridgehead atoms. The van der Waals surface area contributed by atoms with Crippen LogP contribution >= 0.6 is 11.6 Å². The third-order valence-electron chi connectivity index (χ3n) is 2.66. The Morgan fingerprint density at radius 1 is 1.26 bits per heavy atom. The average molecular weight is 272 g/mol. The standard InChI is InChI=1S/C14H10ClN3O/c1-18(12-5-2-10(8-16)3-6-12)14(19)11-4-7-13(15)17-9-11/h2-7,9H,1H3. The third kappa shape index (κ3) is 2.90. The fourth-order valence-corrected chi connectivity index (χ4v) is 1.68. The number of aromatic nitrogens is 1. The molecular weight excluding hydrogens is 262 g/mol. The largest absolute Gasteiger partial charge is 0.311 e. The molecule has 2 rings (SSSR count). The summed E-state index contributed by atoms with van der Waals surface area (Å²) < 4.78 is 0. The van der Waals surface area contributed by atoms with Gasteiger partial charge in [-0.15, -0.1) is 0 Å². The van der Waals surface area contributed by atoms with Crippen molar-refractivity contribution in [2.75, 3.05) is 11.9 Å². The number of carbonyl (C=O) groups is 1. The highest BCUT2D eigenvalue weighted by molar-refractivity contribution is 6.29. The Morgan fingerprint density at radius 2 is 1.95 bits per heavy atom. The van der Waals surface area contributed by atoms with E-state index in [1.54, 1.807) is 43.4 Å². The van der Waals surface area contributed by atoms with Crippen molar-refractivity contribution < 1.29 is 4.79 Å². The van der Waals surface area contributed by atoms with Crippen molar-refractivity contribution in [1.82, 2.24) is 4.98 Å². The van der Waals surface area contributed by atoms with Gasteiger partial charge < -0.3 is 4.90 Å². The maximum absolute atomic E-state index is 12.2. The molecular formula is C14H10ClN3O. The van der Waals surface area contributed by atoms with Crippen molar-refractivity contribution >= 4 is 23.2 Å². The SMILES string of the molecule is CN(C(=O)c1ccc(Cl)nc1)c1ccc(C#N)cc1. The van der Waals surface area contributed by atoms with E-state index >= 15 is 0 Å². The molecule has 19 heavy (non-hydrogen) atoms. The van der Waals surface area contributed by atoms with E-state index in [0.29, 0.717) is 22.0 Å². The second kappa shape index (κ2) is 5.51. The van der Waals surface area contributed by atoms with Crippen LogP contribution in [0.3, 0.4) is 0 Å². The summed E-state index contributed by atoms with van der Waals surface area (Å²) in [5.41, 5.74) is 1.72. The monoisotopic (exact) mass is 271 g/mol. The molecule has 5 heteroatoms. The third-order valence-corrected chi connectivity index (χ3v) is 2.89. The molecule has 0 saturated carbocycles. The molecule has 0 unspecified atom stereocenters. The van der Waals surface area contributed by atoms with E-state index in [0.717, 1.165) is 0 Å². The highest BCUT2D eigenvalue weighted by Gasteiger charge is 2.13. The first-order valence-electron chi connectivity index (χ1n) is 5.51. The Bertz CT molecular complexity index is 629. The Balaban J connectivity index is 2.23. The fourth-order valence-electron chi connectivity index (χ4n) is 1.57. The summed E-state index contributed by atoms with van der Waals surface area (Å²) >= 11 is 5.68. The van der Waals surface area contributed by atoms with E-state index in [9.17, 15) is 4.79 Å². The molecule has 0 N–H and O–H groups in total. The molecule has 1 heterocycles. The molecule has 2 aromatic rings. The molecule has 0 spiro atoms. The number of carbonyl (C=O) groups excluding carboxylic acids is 1. The maximum atomic E-state index is 12.2. The molecule has 0 aliphatic carbocycles. The topological polar surface area (TPSA) is 57.0 Å². The lowest BCUT2D eigenvalue weighted by Crippen LogP contribution is -2.26. The number of amides is 1. The number of hydrogen-bond donors (Lipinski definition) is 0. The van der Waals surface area contributed by atoms with Crippen molar-refractivity contribution in [1.29, 1.82) is 5.26 Å². The zero-order valence-corrected chi connectivity index (χ0v) is 10.9. The number of nitrogens with zero attached hydrogens (tertiary/aromatic N) is 3. The molecule has 0 saturated heterocycles. The lowest BCUT2D eigenvalue weighted by atomic mass is 10.2. The van der Waals surface area contributed by atoms with Gasteiger partial charge in [0.1, 0.15) is 5.15 Å². The van der Waals surface area contributed by atoms with E-state index in [-0.39, 0.29) is 5.91 Å². The van der Waals surface area contributed by atoms with E-state index in [2.05, 4.69) is 4.98 Å². The minimum absolute atomic E-state index is 0.186. The van der Waals surface area contributed by atoms with Gasteiger partial charge in [0, 0.05) is 18.9 Å². The predicted octanol–water partition coefficient (Wildman–Crippen LogP) is 2.88. The number of anilines is 1. The zero-order chi connectivity index (χ0) is 13.8. The van der Waals surface area contributed by atoms with Gasteiger partial charge in [-0.25, -0.2) is 4.98 Å². The van der Waals surface area contributed by atoms with Gasteiger partial charge in [0.15, 0.2) is 0 Å². The highest BCUT2D eigenvalue weighted by Crippen LogP contribution is 2.16. The first-order valence-corrected chi connectivity index (χ1v) is 5.89. The van der Waals surface area contributed by atoms with Gasteiger partial charge in [-0.2, -0.15) is 5.26 Å². The van der Waals surface area contributed by atoms with Crippen molar-refractivity contribution in [3.8, 4) is 6.07 Å². The number of nitriles is 1. The molecule has 4 nitrogen and oxygen atoms in total. The van der Waals surface area contributed by atoms with Gasteiger partial charge in [0.05, 0.1) is 17.2 Å². The quantitative estimate of drug-likeness (QED) is 0.789. The van der Waals surface area contributed by atoms with Crippen molar-refractivity contribution in [3.63, 3.8) is 0 Å². The Morgan fingerprint density at radius 3 is 2.47 bits per heavy atom. The number of pyridine rings is 1. The van der Waals surface area contributed by atoms with Crippen LogP contribution in [0.2, 0.25) is 5.15 Å². The van der Waals surface area contributed by atoms with Crippen molar-refractivity contribution in [3.05, 3.63) is 58.9 Å². The van der Waals surface area contributed by atoms with E-state index in [1.807, 2.05) is 6.07 Å². The number of rotatable bonds is 2. The van der Waals surface area contributed by atoms with Crippen molar-refractivity contribution in [2.45, 2.75) is 0 Å². The molecule has 1 aromatic carbocycles. The van der Waals surface area contributed by atoms with Crippen LogP contribution in [-0.4, -0.2) is 17.9 Å². The predicted molar refractivity (Wildman–Crippen MR) is 73.1 cm³/mol. The Kier molecular flexibility index (Phi) is 3.79. The second-order valence-electron chi connectivity index (χ2n) is 3.89. The highest BCUT2D eigenvalue weighted by atomic mass is 35.5. The van der Waals surface area contributed by atoms with Gasteiger partial charge in [0.25, 0.3) is 5.91 Å². The Labute approximate surface area is 115 Å². The minimum atomic E-state index is -0.186. The first-order chi connectivity index (χ1) is 9.11. The molecule has 1 amide bonds. The summed E-state index contributed by atoms with van der Waals surface area (Å²) in [6, 6.07) is 12.0. The summed E-state index contributed by atoms with van der Waals surface area (Å²) in [5.74, 6) is -0.186. The summed E-state index contributed by atoms with van der Waals surface area (Å²) in [7, 11) is 1.67. The van der Waals surface area contributed by atoms with Crippen LogP contribution in [0.4, 0.5) is 5.69 Å². The Hall–Kier alpha value is -2.38. The van der Waals surface area contributed by atoms with E-state index < -0.39 is 0 Å². The molecule has 0 aliphatic heterocycles. The summed E-state index contributed by atoms with van der Waals surface area (Å²) in [6.45, 7) is 0. The molecule has 0 fully saturated rings. The molecule has 0 radical (unpaired) electrons. The average Bonchev–Trinajstić information content (AvgIpc) is 2.46. The minimum Gasteiger partial charge on any atom is -0.311 e. The molecule has 1 aromatic heterocycles. The van der Waals surface area contributed by atoms with Crippen LogP contribution in [-0.2, 0) is 0 Å². The van der Waals surface area contributed by atoms with Crippen LogP contribution < -0.4 is 4.90 Å². The number of halogens is 1. The molecule has 0 aliphatic rings. The van der Waals surface area contributed by atoms with E-state index in [4.69, 9.17) is 16.9 Å². The van der Waals surface area contributed by atoms with Crippen LogP contribution in [0, 0.1) is 11.3 Å². The van der Waals surface area contributed by atoms with Crippen LogP contribution in [0.25, 0.3) is 0 Å². The summed E-state index contributed by atoms with van der Waals surface area (Å²) in [4.78, 5) is 17.6. The van der Waals surface area contributed by atoms with Gasteiger partial charge in [-0.1, -0.05) is 11.6 Å². The first kappa shape index (κ1) is 13.1. The normalized spacial score (nSPS) is 9.74. The number of benzene rings is 1. The van der Waals surface area contributed by atoms with Gasteiger partial charge in [-0.3, -0.25) is 4.79 Å². The van der Waals surface area contributed by atoms with Crippen LogP contribution in [0.1, 0.15) is 15.9 Å². The van der Waals surface area contributed by atoms with Crippen LogP contribution in [0.5, 0.6) is 0 Å². The van der Waals surface area contributed by atoms with E-state index in [1.165, 1.54) is 11.1 Å². The lowest BCUT2D eigenvalue weighted by molar-refractivity contribution is 0.0992. The summed E-state index contributed by atoms with van der Waals surface area (Å²) in [5, 5.41) is 9.07.